The topological polar surface area (TPSA) is 56.7 Å². The molecule has 1 heterocycles. The molecule has 5 nitrogen and oxygen atoms in total. The molecule has 3 rings (SSSR count). The van der Waals surface area contributed by atoms with Gasteiger partial charge >= 0.3 is 0 Å². The highest BCUT2D eigenvalue weighted by Crippen LogP contribution is 2.27. The van der Waals surface area contributed by atoms with E-state index in [9.17, 15) is 9.18 Å². The number of hydrogen-bond acceptors (Lipinski definition) is 3. The second-order valence-electron chi connectivity index (χ2n) is 7.55. The Hall–Kier alpha value is -1.03. The number of aliphatic imine (C=N–C) groups is 1. The zero-order chi connectivity index (χ0) is 19.8. The largest absolute Gasteiger partial charge is 0.356 e. The lowest BCUT2D eigenvalue weighted by Gasteiger charge is -2.21. The quantitative estimate of drug-likeness (QED) is 0.183. The predicted molar refractivity (Wildman–Crippen MR) is 129 cm³/mol. The Morgan fingerprint density at radius 2 is 1.97 bits per heavy atom. The smallest absolute Gasteiger partial charge is 0.225 e. The number of carbonyl (C=O) groups is 1. The highest BCUT2D eigenvalue weighted by Gasteiger charge is 2.32. The van der Waals surface area contributed by atoms with E-state index in [0.29, 0.717) is 5.91 Å². The van der Waals surface area contributed by atoms with Crippen LogP contribution in [0.5, 0.6) is 0 Å². The van der Waals surface area contributed by atoms with Gasteiger partial charge < -0.3 is 15.5 Å². The van der Waals surface area contributed by atoms with E-state index in [0.717, 1.165) is 61.9 Å². The van der Waals surface area contributed by atoms with Crippen LogP contribution in [0.2, 0.25) is 0 Å². The van der Waals surface area contributed by atoms with Gasteiger partial charge in [-0.2, -0.15) is 0 Å². The average Bonchev–Trinajstić information content (AvgIpc) is 3.40. The number of guanidine groups is 1. The molecule has 1 atom stereocenters. The number of likely N-dealkylation sites (tertiary alicyclic amines) is 1. The van der Waals surface area contributed by atoms with Gasteiger partial charge in [0.05, 0.1) is 0 Å². The van der Waals surface area contributed by atoms with E-state index in [4.69, 9.17) is 0 Å². The Kier molecular flexibility index (Phi) is 10.5. The van der Waals surface area contributed by atoms with Crippen molar-refractivity contribution in [2.75, 3.05) is 32.4 Å². The highest BCUT2D eigenvalue weighted by molar-refractivity contribution is 14.0. The Balaban J connectivity index is 0.00000300. The fourth-order valence-corrected chi connectivity index (χ4v) is 4.75. The summed E-state index contributed by atoms with van der Waals surface area (Å²) < 4.78 is 12.9. The van der Waals surface area contributed by atoms with Crippen LogP contribution in [0.4, 0.5) is 4.39 Å². The third-order valence-corrected chi connectivity index (χ3v) is 6.56. The van der Waals surface area contributed by atoms with Crippen molar-refractivity contribution >= 4 is 47.6 Å². The van der Waals surface area contributed by atoms with Gasteiger partial charge in [0, 0.05) is 43.5 Å². The Morgan fingerprint density at radius 3 is 2.66 bits per heavy atom. The van der Waals surface area contributed by atoms with Crippen LogP contribution in [0, 0.1) is 11.7 Å². The van der Waals surface area contributed by atoms with Crippen molar-refractivity contribution in [3.63, 3.8) is 0 Å². The van der Waals surface area contributed by atoms with Crippen molar-refractivity contribution in [2.45, 2.75) is 49.5 Å². The van der Waals surface area contributed by atoms with Crippen LogP contribution < -0.4 is 10.6 Å². The predicted octanol–water partition coefficient (Wildman–Crippen LogP) is 3.88. The fraction of sp³-hybridized carbons (Fsp3) is 0.619. The minimum atomic E-state index is -0.198. The maximum atomic E-state index is 12.9. The standard InChI is InChI=1S/C21H31FN4OS.HI/c1-23-21(24-12-4-14-28-19-9-7-17(22)8-10-19)25-18-11-13-26(15-18)20(27)16-5-2-3-6-16;/h7-10,16,18H,2-6,11-15H2,1H3,(H2,23,24,25);1H. The van der Waals surface area contributed by atoms with Gasteiger partial charge in [0.25, 0.3) is 0 Å². The van der Waals surface area contributed by atoms with E-state index < -0.39 is 0 Å². The molecule has 8 heteroatoms. The molecule has 1 amide bonds. The molecule has 2 N–H and O–H groups in total. The lowest BCUT2D eigenvalue weighted by Crippen LogP contribution is -2.45. The monoisotopic (exact) mass is 534 g/mol. The van der Waals surface area contributed by atoms with Crippen molar-refractivity contribution in [3.05, 3.63) is 30.1 Å². The summed E-state index contributed by atoms with van der Waals surface area (Å²) in [7, 11) is 1.78. The first-order valence-corrected chi connectivity index (χ1v) is 11.3. The van der Waals surface area contributed by atoms with Crippen LogP contribution in [0.25, 0.3) is 0 Å². The maximum Gasteiger partial charge on any atom is 0.225 e. The van der Waals surface area contributed by atoms with E-state index in [-0.39, 0.29) is 41.8 Å². The second kappa shape index (κ2) is 12.6. The molecule has 1 aromatic carbocycles. The number of benzene rings is 1. The Labute approximate surface area is 194 Å². The molecule has 1 saturated carbocycles. The van der Waals surface area contributed by atoms with Gasteiger partial charge in [0.15, 0.2) is 5.96 Å². The van der Waals surface area contributed by atoms with E-state index in [2.05, 4.69) is 15.6 Å². The first-order chi connectivity index (χ1) is 13.7. The lowest BCUT2D eigenvalue weighted by atomic mass is 10.1. The van der Waals surface area contributed by atoms with Gasteiger partial charge in [-0.15, -0.1) is 35.7 Å². The average molecular weight is 534 g/mol. The van der Waals surface area contributed by atoms with E-state index in [1.165, 1.54) is 25.0 Å². The number of thioether (sulfide) groups is 1. The van der Waals surface area contributed by atoms with E-state index in [1.54, 1.807) is 18.8 Å². The Bertz CT molecular complexity index is 667. The number of rotatable bonds is 7. The van der Waals surface area contributed by atoms with Gasteiger partial charge in [0.2, 0.25) is 5.91 Å². The van der Waals surface area contributed by atoms with Crippen molar-refractivity contribution in [2.24, 2.45) is 10.9 Å². The summed E-state index contributed by atoms with van der Waals surface area (Å²) in [6.45, 7) is 2.44. The highest BCUT2D eigenvalue weighted by atomic mass is 127. The van der Waals surface area contributed by atoms with Gasteiger partial charge in [-0.05, 0) is 55.7 Å². The number of amides is 1. The molecule has 162 valence electrons. The molecule has 1 aromatic rings. The molecule has 0 radical (unpaired) electrons. The second-order valence-corrected chi connectivity index (χ2v) is 8.72. The Morgan fingerprint density at radius 1 is 1.24 bits per heavy atom. The molecule has 0 spiro atoms. The first kappa shape index (κ1) is 24.2. The molecule has 1 unspecified atom stereocenters. The van der Waals surface area contributed by atoms with Gasteiger partial charge in [-0.3, -0.25) is 9.79 Å². The molecule has 1 aliphatic carbocycles. The minimum Gasteiger partial charge on any atom is -0.356 e. The molecule has 1 saturated heterocycles. The molecule has 1 aliphatic heterocycles. The van der Waals surface area contributed by atoms with E-state index in [1.807, 2.05) is 17.0 Å². The van der Waals surface area contributed by atoms with Crippen molar-refractivity contribution in [1.29, 1.82) is 0 Å². The van der Waals surface area contributed by atoms with Crippen LogP contribution in [-0.4, -0.2) is 55.2 Å². The SMILES string of the molecule is CN=C(NCCCSc1ccc(F)cc1)NC1CCN(C(=O)C2CCCC2)C1.I. The maximum absolute atomic E-state index is 12.9. The molecular weight excluding hydrogens is 502 g/mol. The zero-order valence-corrected chi connectivity index (χ0v) is 20.2. The molecule has 29 heavy (non-hydrogen) atoms. The number of nitrogens with one attached hydrogen (secondary N) is 2. The van der Waals surface area contributed by atoms with Crippen LogP contribution in [0.1, 0.15) is 38.5 Å². The lowest BCUT2D eigenvalue weighted by molar-refractivity contribution is -0.134. The van der Waals surface area contributed by atoms with Crippen LogP contribution >= 0.6 is 35.7 Å². The van der Waals surface area contributed by atoms with Crippen LogP contribution in [0.15, 0.2) is 34.2 Å². The fourth-order valence-electron chi connectivity index (χ4n) is 3.90. The molecule has 2 aliphatic rings. The number of nitrogens with zero attached hydrogens (tertiary/aromatic N) is 2. The number of hydrogen-bond donors (Lipinski definition) is 2. The summed E-state index contributed by atoms with van der Waals surface area (Å²) in [4.78, 5) is 20.0. The van der Waals surface area contributed by atoms with Gasteiger partial charge in [-0.1, -0.05) is 12.8 Å². The van der Waals surface area contributed by atoms with Gasteiger partial charge in [-0.25, -0.2) is 4.39 Å². The van der Waals surface area contributed by atoms with E-state index >= 15 is 0 Å². The number of carbonyl (C=O) groups excluding carboxylic acids is 1. The molecule has 2 fully saturated rings. The third kappa shape index (κ3) is 7.62. The van der Waals surface area contributed by atoms with Gasteiger partial charge in [0.1, 0.15) is 5.82 Å². The van der Waals surface area contributed by atoms with Crippen molar-refractivity contribution in [3.8, 4) is 0 Å². The zero-order valence-electron chi connectivity index (χ0n) is 17.0. The first-order valence-electron chi connectivity index (χ1n) is 10.3. The molecular formula is C21H32FIN4OS. The van der Waals surface area contributed by atoms with Crippen molar-refractivity contribution < 1.29 is 9.18 Å². The minimum absolute atomic E-state index is 0. The summed E-state index contributed by atoms with van der Waals surface area (Å²) in [6, 6.07) is 6.88. The number of halogens is 2. The summed E-state index contributed by atoms with van der Waals surface area (Å²) in [6.07, 6.45) is 6.47. The third-order valence-electron chi connectivity index (χ3n) is 5.46. The van der Waals surface area contributed by atoms with Crippen LogP contribution in [-0.2, 0) is 4.79 Å². The normalized spacial score (nSPS) is 19.9. The summed E-state index contributed by atoms with van der Waals surface area (Å²) in [5, 5.41) is 6.81. The summed E-state index contributed by atoms with van der Waals surface area (Å²) in [5.74, 6) is 2.17. The molecule has 0 bridgehead atoms. The van der Waals surface area contributed by atoms with Crippen LogP contribution in [0.3, 0.4) is 0 Å². The van der Waals surface area contributed by atoms with Crippen molar-refractivity contribution in [1.82, 2.24) is 15.5 Å². The molecule has 0 aromatic heterocycles. The summed E-state index contributed by atoms with van der Waals surface area (Å²) in [5.41, 5.74) is 0. The summed E-state index contributed by atoms with van der Waals surface area (Å²) >= 11 is 1.73.